The predicted molar refractivity (Wildman–Crippen MR) is 170 cm³/mol. The summed E-state index contributed by atoms with van der Waals surface area (Å²) in [4.78, 5) is 37.7. The Hall–Kier alpha value is -4.49. The van der Waals surface area contributed by atoms with Gasteiger partial charge in [-0.05, 0) is 35.2 Å². The summed E-state index contributed by atoms with van der Waals surface area (Å²) in [7, 11) is 0. The molecule has 1 fully saturated rings. The van der Waals surface area contributed by atoms with E-state index in [1.807, 2.05) is 30.3 Å². The van der Waals surface area contributed by atoms with Crippen LogP contribution in [0.1, 0.15) is 47.1 Å². The molecule has 2 aliphatic carbocycles. The lowest BCUT2D eigenvalue weighted by atomic mass is 9.72. The highest BCUT2D eigenvalue weighted by atomic mass is 16.5. The molecular weight excluding hydrogens is 536 g/mol. The molecule has 1 unspecified atom stereocenters. The molecular formula is C36H36N4O3. The number of hydrogen-bond acceptors (Lipinski definition) is 7. The van der Waals surface area contributed by atoms with Gasteiger partial charge in [0.2, 0.25) is 0 Å². The topological polar surface area (TPSA) is 74.2 Å². The molecule has 3 aromatic rings. The van der Waals surface area contributed by atoms with Crippen LogP contribution in [0.2, 0.25) is 0 Å². The van der Waals surface area contributed by atoms with Crippen molar-refractivity contribution in [3.05, 3.63) is 113 Å². The van der Waals surface area contributed by atoms with Crippen molar-refractivity contribution in [2.45, 2.75) is 26.2 Å². The van der Waals surface area contributed by atoms with Gasteiger partial charge < -0.3 is 15.0 Å². The number of nitrogens with one attached hydrogen (secondary N) is 1. The van der Waals surface area contributed by atoms with Crippen LogP contribution in [0.5, 0.6) is 5.75 Å². The van der Waals surface area contributed by atoms with Gasteiger partial charge in [0.05, 0.1) is 11.6 Å². The van der Waals surface area contributed by atoms with Crippen LogP contribution in [-0.4, -0.2) is 61.4 Å². The fraction of sp³-hybridized carbons (Fsp3) is 0.306. The number of carbonyl (C=O) groups excluding carboxylic acids is 2. The van der Waals surface area contributed by atoms with Crippen molar-refractivity contribution in [2.75, 3.05) is 44.2 Å². The smallest absolute Gasteiger partial charge is 0.192 e. The van der Waals surface area contributed by atoms with Crippen molar-refractivity contribution < 1.29 is 14.3 Å². The maximum atomic E-state index is 14.0. The van der Waals surface area contributed by atoms with Crippen LogP contribution < -0.4 is 15.0 Å². The SMILES string of the molecule is CC(C)(C)c1ccc2c(c1)OC1=CC(NCCN3CCN(c4ccccc4)CC3)=C3C(=O)c4ccccc4C(=O)C3C1=N2. The number of aliphatic imine (C=N–C) groups is 1. The van der Waals surface area contributed by atoms with Crippen molar-refractivity contribution in [3.8, 4) is 5.75 Å². The molecule has 7 nitrogen and oxygen atoms in total. The molecule has 218 valence electrons. The molecule has 2 aliphatic heterocycles. The summed E-state index contributed by atoms with van der Waals surface area (Å²) >= 11 is 0. The zero-order chi connectivity index (χ0) is 29.7. The van der Waals surface area contributed by atoms with Crippen LogP contribution in [0.15, 0.2) is 101 Å². The fourth-order valence-electron chi connectivity index (χ4n) is 6.39. The minimum absolute atomic E-state index is 0.0504. The molecule has 0 aromatic heterocycles. The van der Waals surface area contributed by atoms with Gasteiger partial charge in [-0.15, -0.1) is 0 Å². The van der Waals surface area contributed by atoms with Crippen LogP contribution in [0, 0.1) is 5.92 Å². The number of anilines is 1. The van der Waals surface area contributed by atoms with Crippen molar-refractivity contribution in [1.29, 1.82) is 0 Å². The lowest BCUT2D eigenvalue weighted by molar-refractivity contribution is 0.0908. The maximum absolute atomic E-state index is 14.0. The second-order valence-corrected chi connectivity index (χ2v) is 12.6. The van der Waals surface area contributed by atoms with E-state index in [2.05, 4.69) is 66.2 Å². The maximum Gasteiger partial charge on any atom is 0.192 e. The Bertz CT molecular complexity index is 1710. The first-order valence-corrected chi connectivity index (χ1v) is 15.1. The molecule has 2 heterocycles. The van der Waals surface area contributed by atoms with Crippen molar-refractivity contribution in [1.82, 2.24) is 10.2 Å². The number of para-hydroxylation sites is 1. The van der Waals surface area contributed by atoms with Gasteiger partial charge in [-0.2, -0.15) is 0 Å². The third-order valence-electron chi connectivity index (χ3n) is 8.85. The van der Waals surface area contributed by atoms with Gasteiger partial charge in [0.15, 0.2) is 23.1 Å². The van der Waals surface area contributed by atoms with Crippen LogP contribution in [-0.2, 0) is 5.41 Å². The summed E-state index contributed by atoms with van der Waals surface area (Å²) in [6, 6.07) is 23.6. The van der Waals surface area contributed by atoms with Gasteiger partial charge in [0.1, 0.15) is 5.69 Å². The minimum Gasteiger partial charge on any atom is -0.453 e. The molecule has 3 aromatic carbocycles. The van der Waals surface area contributed by atoms with Crippen LogP contribution >= 0.6 is 0 Å². The third-order valence-corrected chi connectivity index (χ3v) is 8.85. The number of benzene rings is 3. The Morgan fingerprint density at radius 3 is 2.37 bits per heavy atom. The van der Waals surface area contributed by atoms with Gasteiger partial charge in [-0.25, -0.2) is 4.99 Å². The Kier molecular flexibility index (Phi) is 6.78. The number of nitrogens with zero attached hydrogens (tertiary/aromatic N) is 3. The number of piperazine rings is 1. The van der Waals surface area contributed by atoms with Crippen molar-refractivity contribution >= 4 is 28.7 Å². The molecule has 0 saturated carbocycles. The predicted octanol–water partition coefficient (Wildman–Crippen LogP) is 5.71. The van der Waals surface area contributed by atoms with Gasteiger partial charge in [0.25, 0.3) is 0 Å². The van der Waals surface area contributed by atoms with Gasteiger partial charge in [0, 0.05) is 73.4 Å². The normalized spacial score (nSPS) is 19.9. The number of Topliss-reactive ketones (excluding diaryl/α,β-unsaturated/α-hetero) is 2. The number of ketones is 2. The van der Waals surface area contributed by atoms with E-state index >= 15 is 0 Å². The number of allylic oxidation sites excluding steroid dienone is 3. The summed E-state index contributed by atoms with van der Waals surface area (Å²) in [5.74, 6) is 0.119. The molecule has 1 atom stereocenters. The number of carbonyl (C=O) groups is 2. The number of fused-ring (bicyclic) bond motifs is 5. The number of ether oxygens (including phenoxy) is 1. The van der Waals surface area contributed by atoms with Crippen molar-refractivity contribution in [2.24, 2.45) is 10.9 Å². The molecule has 1 N–H and O–H groups in total. The van der Waals surface area contributed by atoms with E-state index in [9.17, 15) is 9.59 Å². The van der Waals surface area contributed by atoms with Gasteiger partial charge in [-0.1, -0.05) is 69.3 Å². The first kappa shape index (κ1) is 27.3. The summed E-state index contributed by atoms with van der Waals surface area (Å²) < 4.78 is 6.45. The third kappa shape index (κ3) is 4.97. The molecule has 43 heavy (non-hydrogen) atoms. The van der Waals surface area contributed by atoms with Crippen molar-refractivity contribution in [3.63, 3.8) is 0 Å². The Labute approximate surface area is 252 Å². The second kappa shape index (κ2) is 10.7. The lowest BCUT2D eigenvalue weighted by Gasteiger charge is -2.37. The molecule has 0 bridgehead atoms. The van der Waals surface area contributed by atoms with E-state index in [0.717, 1.165) is 38.3 Å². The van der Waals surface area contributed by atoms with E-state index in [4.69, 9.17) is 9.73 Å². The summed E-state index contributed by atoms with van der Waals surface area (Å²) in [6.45, 7) is 11.8. The van der Waals surface area contributed by atoms with Crippen LogP contribution in [0.25, 0.3) is 0 Å². The first-order valence-electron chi connectivity index (χ1n) is 15.1. The summed E-state index contributed by atoms with van der Waals surface area (Å²) in [5.41, 5.74) is 5.50. The first-order chi connectivity index (χ1) is 20.8. The van der Waals surface area contributed by atoms with E-state index in [1.54, 1.807) is 18.2 Å². The summed E-state index contributed by atoms with van der Waals surface area (Å²) in [5, 5.41) is 3.53. The zero-order valence-corrected chi connectivity index (χ0v) is 24.9. The standard InChI is InChI=1S/C36H36N4O3/c1-36(2,3)23-13-14-27-29(21-23)43-30-22-28(37-15-16-39-17-19-40(20-18-39)24-9-5-4-6-10-24)31-32(33(30)38-27)35(42)26-12-8-7-11-25(26)34(31)41/h4-14,21-22,32,37H,15-20H2,1-3H3. The molecule has 0 spiro atoms. The Balaban J connectivity index is 1.16. The van der Waals surface area contributed by atoms with E-state index in [0.29, 0.717) is 51.8 Å². The lowest BCUT2D eigenvalue weighted by Crippen LogP contribution is -2.48. The molecule has 7 rings (SSSR count). The Morgan fingerprint density at radius 2 is 1.63 bits per heavy atom. The molecule has 1 saturated heterocycles. The van der Waals surface area contributed by atoms with E-state index < -0.39 is 5.92 Å². The molecule has 4 aliphatic rings. The van der Waals surface area contributed by atoms with Gasteiger partial charge >= 0.3 is 0 Å². The van der Waals surface area contributed by atoms with E-state index in [-0.39, 0.29) is 17.0 Å². The second-order valence-electron chi connectivity index (χ2n) is 12.6. The Morgan fingerprint density at radius 1 is 0.907 bits per heavy atom. The summed E-state index contributed by atoms with van der Waals surface area (Å²) in [6.07, 6.45) is 1.86. The highest BCUT2D eigenvalue weighted by molar-refractivity contribution is 6.33. The average Bonchev–Trinajstić information content (AvgIpc) is 3.02. The largest absolute Gasteiger partial charge is 0.453 e. The van der Waals surface area contributed by atoms with Gasteiger partial charge in [-0.3, -0.25) is 14.5 Å². The number of rotatable bonds is 5. The molecule has 0 amide bonds. The molecule has 7 heteroatoms. The number of hydrogen-bond donors (Lipinski definition) is 1. The van der Waals surface area contributed by atoms with E-state index in [1.165, 1.54) is 5.69 Å². The minimum atomic E-state index is -0.810. The molecule has 0 radical (unpaired) electrons. The average molecular weight is 573 g/mol. The van der Waals surface area contributed by atoms with Crippen LogP contribution in [0.4, 0.5) is 11.4 Å². The zero-order valence-electron chi connectivity index (χ0n) is 24.9. The highest BCUT2D eigenvalue weighted by Crippen LogP contribution is 2.44. The fourth-order valence-corrected chi connectivity index (χ4v) is 6.39. The monoisotopic (exact) mass is 572 g/mol. The quantitative estimate of drug-likeness (QED) is 0.422. The van der Waals surface area contributed by atoms with Crippen LogP contribution in [0.3, 0.4) is 0 Å². The highest BCUT2D eigenvalue weighted by Gasteiger charge is 2.46.